The number of aromatic hydroxyl groups is 8. The third-order valence-corrected chi connectivity index (χ3v) is 7.49. The van der Waals surface area contributed by atoms with Crippen molar-refractivity contribution in [3.05, 3.63) is 60.7 Å². The van der Waals surface area contributed by atoms with Gasteiger partial charge < -0.3 is 40.9 Å². The highest BCUT2D eigenvalue weighted by Crippen LogP contribution is 2.60. The van der Waals surface area contributed by atoms with Gasteiger partial charge in [-0.15, -0.1) is 0 Å². The maximum absolute atomic E-state index is 11.0. The molecule has 0 spiro atoms. The van der Waals surface area contributed by atoms with Gasteiger partial charge in [-0.3, -0.25) is 0 Å². The van der Waals surface area contributed by atoms with Crippen molar-refractivity contribution in [3.63, 3.8) is 0 Å². The summed E-state index contributed by atoms with van der Waals surface area (Å²) in [6.07, 6.45) is 0. The lowest BCUT2D eigenvalue weighted by molar-refractivity contribution is 0.349. The molecule has 7 aromatic carbocycles. The van der Waals surface area contributed by atoms with Crippen LogP contribution >= 0.6 is 0 Å². The molecule has 0 aliphatic rings. The van der Waals surface area contributed by atoms with E-state index in [1.54, 1.807) is 18.2 Å². The summed E-state index contributed by atoms with van der Waals surface area (Å²) >= 11 is 0. The van der Waals surface area contributed by atoms with Gasteiger partial charge in [0, 0.05) is 26.9 Å². The summed E-state index contributed by atoms with van der Waals surface area (Å²) in [5.74, 6) is -7.42. The Kier molecular flexibility index (Phi) is 4.03. The van der Waals surface area contributed by atoms with Crippen LogP contribution in [0.15, 0.2) is 60.7 Å². The molecule has 0 unspecified atom stereocenters. The van der Waals surface area contributed by atoms with E-state index in [9.17, 15) is 40.9 Å². The molecule has 8 N–H and O–H groups in total. The van der Waals surface area contributed by atoms with Crippen molar-refractivity contribution < 1.29 is 40.9 Å². The number of fused-ring (bicyclic) bond motifs is 12. The first-order valence-corrected chi connectivity index (χ1v) is 11.6. The Balaban J connectivity index is 1.85. The summed E-state index contributed by atoms with van der Waals surface area (Å²) in [6, 6.07) is 19.0. The van der Waals surface area contributed by atoms with Gasteiger partial charge in [0.15, 0.2) is 23.0 Å². The maximum atomic E-state index is 11.0. The molecule has 0 fully saturated rings. The van der Waals surface area contributed by atoms with Crippen molar-refractivity contribution in [2.45, 2.75) is 0 Å². The smallest absolute Gasteiger partial charge is 0.204 e. The van der Waals surface area contributed by atoms with Crippen LogP contribution in [0, 0.1) is 0 Å². The lowest BCUT2D eigenvalue weighted by Crippen LogP contribution is -1.90. The number of hydrogen-bond donors (Lipinski definition) is 8. The minimum absolute atomic E-state index is 0.133. The van der Waals surface area contributed by atoms with Gasteiger partial charge in [0.05, 0.1) is 0 Å². The minimum atomic E-state index is -1.06. The molecular weight excluding hydrogens is 488 g/mol. The standard InChI is InChI=1S/C30H18O8/c31-23-19-17-10-8-15-14-6-5-11-3-1-2-4-12(11)13(14)7-9-16(15)18(17)20-22(21(19)25(33)29(37)27(23)35)26(34)30(38)28(36)24(20)32/h1-10,31-38H. The summed E-state index contributed by atoms with van der Waals surface area (Å²) in [4.78, 5) is 0. The van der Waals surface area contributed by atoms with Crippen LogP contribution in [0.3, 0.4) is 0 Å². The fraction of sp³-hybridized carbons (Fsp3) is 0. The minimum Gasteiger partial charge on any atom is -0.504 e. The second-order valence-electron chi connectivity index (χ2n) is 9.32. The summed E-state index contributed by atoms with van der Waals surface area (Å²) in [5, 5.41) is 89.8. The largest absolute Gasteiger partial charge is 0.504 e. The normalized spacial score (nSPS) is 12.0. The maximum Gasteiger partial charge on any atom is 0.204 e. The topological polar surface area (TPSA) is 162 Å². The molecule has 0 atom stereocenters. The molecular formula is C30H18O8. The van der Waals surface area contributed by atoms with E-state index in [-0.39, 0.29) is 32.3 Å². The van der Waals surface area contributed by atoms with Crippen molar-refractivity contribution in [2.24, 2.45) is 0 Å². The van der Waals surface area contributed by atoms with Gasteiger partial charge >= 0.3 is 0 Å². The second kappa shape index (κ2) is 7.04. The van der Waals surface area contributed by atoms with Gasteiger partial charge in [-0.05, 0) is 37.7 Å². The lowest BCUT2D eigenvalue weighted by atomic mass is 9.87. The number of hydrogen-bond acceptors (Lipinski definition) is 8. The van der Waals surface area contributed by atoms with Gasteiger partial charge in [-0.25, -0.2) is 0 Å². The molecule has 0 amide bonds. The van der Waals surface area contributed by atoms with Crippen LogP contribution in [-0.4, -0.2) is 40.9 Å². The number of phenolic OH excluding ortho intramolecular Hbond substituents is 8. The molecule has 7 rings (SSSR count). The van der Waals surface area contributed by atoms with Crippen LogP contribution in [0.5, 0.6) is 46.0 Å². The Morgan fingerprint density at radius 3 is 1.29 bits per heavy atom. The Morgan fingerprint density at radius 1 is 0.263 bits per heavy atom. The Hall–Kier alpha value is -5.50. The average Bonchev–Trinajstić information content (AvgIpc) is 2.94. The Bertz CT molecular complexity index is 2220. The number of phenols is 8. The van der Waals surface area contributed by atoms with Crippen LogP contribution in [0.25, 0.3) is 64.6 Å². The van der Waals surface area contributed by atoms with E-state index in [1.165, 1.54) is 0 Å². The van der Waals surface area contributed by atoms with Crippen molar-refractivity contribution in [1.29, 1.82) is 0 Å². The zero-order valence-electron chi connectivity index (χ0n) is 19.4. The van der Waals surface area contributed by atoms with Crippen molar-refractivity contribution in [2.75, 3.05) is 0 Å². The van der Waals surface area contributed by atoms with Crippen LogP contribution in [-0.2, 0) is 0 Å². The third kappa shape index (κ3) is 2.43. The molecule has 38 heavy (non-hydrogen) atoms. The van der Waals surface area contributed by atoms with Crippen LogP contribution in [0.1, 0.15) is 0 Å². The van der Waals surface area contributed by atoms with Gasteiger partial charge in [0.25, 0.3) is 0 Å². The first-order valence-electron chi connectivity index (χ1n) is 11.6. The van der Waals surface area contributed by atoms with Crippen LogP contribution in [0.2, 0.25) is 0 Å². The Labute approximate surface area is 212 Å². The zero-order valence-corrected chi connectivity index (χ0v) is 19.4. The first kappa shape index (κ1) is 21.8. The lowest BCUT2D eigenvalue weighted by Gasteiger charge is -2.19. The number of rotatable bonds is 0. The quantitative estimate of drug-likeness (QED) is 0.0680. The predicted octanol–water partition coefficient (Wildman–Crippen LogP) is 6.25. The second-order valence-corrected chi connectivity index (χ2v) is 9.32. The van der Waals surface area contributed by atoms with Gasteiger partial charge in [-0.1, -0.05) is 60.7 Å². The van der Waals surface area contributed by atoms with Crippen molar-refractivity contribution in [3.8, 4) is 46.0 Å². The number of benzene rings is 7. The van der Waals surface area contributed by atoms with E-state index in [2.05, 4.69) is 0 Å². The van der Waals surface area contributed by atoms with Crippen molar-refractivity contribution >= 4 is 64.6 Å². The highest BCUT2D eigenvalue weighted by Gasteiger charge is 2.29. The molecule has 0 bridgehead atoms. The molecule has 0 saturated carbocycles. The SMILES string of the molecule is Oc1c(O)c(O)c2c(c1O)c1ccc3c4ccc5ccccc5c4ccc3c1c1c(O)c(O)c(O)c(O)c21. The molecule has 0 heterocycles. The highest BCUT2D eigenvalue weighted by molar-refractivity contribution is 6.38. The summed E-state index contributed by atoms with van der Waals surface area (Å²) < 4.78 is 0. The summed E-state index contributed by atoms with van der Waals surface area (Å²) in [5.41, 5.74) is 0. The molecule has 186 valence electrons. The van der Waals surface area contributed by atoms with E-state index >= 15 is 0 Å². The van der Waals surface area contributed by atoms with E-state index in [0.717, 1.165) is 26.9 Å². The summed E-state index contributed by atoms with van der Waals surface area (Å²) in [6.45, 7) is 0. The molecule has 0 aliphatic heterocycles. The van der Waals surface area contributed by atoms with Crippen LogP contribution < -0.4 is 0 Å². The van der Waals surface area contributed by atoms with Gasteiger partial charge in [-0.2, -0.15) is 0 Å². The fourth-order valence-electron chi connectivity index (χ4n) is 5.77. The first-order chi connectivity index (χ1) is 18.2. The Morgan fingerprint density at radius 2 is 0.658 bits per heavy atom. The predicted molar refractivity (Wildman–Crippen MR) is 145 cm³/mol. The molecule has 0 saturated heterocycles. The van der Waals surface area contributed by atoms with Gasteiger partial charge in [0.1, 0.15) is 0 Å². The van der Waals surface area contributed by atoms with E-state index < -0.39 is 46.0 Å². The molecule has 0 aromatic heterocycles. The molecule has 0 aliphatic carbocycles. The molecule has 7 aromatic rings. The van der Waals surface area contributed by atoms with E-state index in [1.807, 2.05) is 42.5 Å². The average molecular weight is 506 g/mol. The fourth-order valence-corrected chi connectivity index (χ4v) is 5.77. The molecule has 8 nitrogen and oxygen atoms in total. The molecule has 8 heteroatoms. The van der Waals surface area contributed by atoms with Crippen molar-refractivity contribution in [1.82, 2.24) is 0 Å². The zero-order chi connectivity index (χ0) is 26.6. The van der Waals surface area contributed by atoms with Crippen LogP contribution in [0.4, 0.5) is 0 Å². The highest BCUT2D eigenvalue weighted by atomic mass is 16.4. The summed E-state index contributed by atoms with van der Waals surface area (Å²) in [7, 11) is 0. The molecule has 0 radical (unpaired) electrons. The van der Waals surface area contributed by atoms with E-state index in [4.69, 9.17) is 0 Å². The monoisotopic (exact) mass is 506 g/mol. The third-order valence-electron chi connectivity index (χ3n) is 7.49. The van der Waals surface area contributed by atoms with E-state index in [0.29, 0.717) is 5.39 Å². The van der Waals surface area contributed by atoms with Gasteiger partial charge in [0.2, 0.25) is 23.0 Å².